The molecule has 0 radical (unpaired) electrons. The molecule has 1 unspecified atom stereocenters. The Hall–Kier alpha value is -0.410. The highest BCUT2D eigenvalue weighted by Crippen LogP contribution is 2.17. The lowest BCUT2D eigenvalue weighted by Gasteiger charge is -2.22. The van der Waals surface area contributed by atoms with Crippen molar-refractivity contribution in [2.45, 2.75) is 38.9 Å². The molecule has 0 saturated carbocycles. The maximum atomic E-state index is 3.64. The van der Waals surface area contributed by atoms with Gasteiger partial charge in [-0.15, -0.1) is 0 Å². The van der Waals surface area contributed by atoms with E-state index in [9.17, 15) is 0 Å². The SMILES string of the molecule is CCn1ccc(CNC2CCCSC2)c1. The maximum Gasteiger partial charge on any atom is 0.0223 e. The first-order valence-electron chi connectivity index (χ1n) is 5.84. The van der Waals surface area contributed by atoms with E-state index in [-0.39, 0.29) is 0 Å². The molecule has 1 atom stereocenters. The first-order valence-corrected chi connectivity index (χ1v) is 6.99. The first kappa shape index (κ1) is 11.1. The van der Waals surface area contributed by atoms with Gasteiger partial charge in [-0.25, -0.2) is 0 Å². The molecule has 1 N–H and O–H groups in total. The normalized spacial score (nSPS) is 21.8. The second-order valence-corrected chi connectivity index (χ2v) is 5.29. The topological polar surface area (TPSA) is 17.0 Å². The molecule has 84 valence electrons. The lowest BCUT2D eigenvalue weighted by molar-refractivity contribution is 0.507. The van der Waals surface area contributed by atoms with Crippen LogP contribution in [0, 0.1) is 0 Å². The third kappa shape index (κ3) is 3.28. The third-order valence-corrected chi connectivity index (χ3v) is 4.15. The second-order valence-electron chi connectivity index (χ2n) is 4.15. The molecule has 2 nitrogen and oxygen atoms in total. The van der Waals surface area contributed by atoms with Gasteiger partial charge in [0.05, 0.1) is 0 Å². The molecule has 1 fully saturated rings. The van der Waals surface area contributed by atoms with Gasteiger partial charge in [0.15, 0.2) is 0 Å². The fraction of sp³-hybridized carbons (Fsp3) is 0.667. The number of aromatic nitrogens is 1. The standard InChI is InChI=1S/C12H20N2S/c1-2-14-6-5-11(9-14)8-13-12-4-3-7-15-10-12/h5-6,9,12-13H,2-4,7-8,10H2,1H3. The predicted molar refractivity (Wildman–Crippen MR) is 67.3 cm³/mol. The number of aryl methyl sites for hydroxylation is 1. The van der Waals surface area contributed by atoms with Crippen molar-refractivity contribution >= 4 is 11.8 Å². The summed E-state index contributed by atoms with van der Waals surface area (Å²) < 4.78 is 2.23. The van der Waals surface area contributed by atoms with Crippen LogP contribution in [0.5, 0.6) is 0 Å². The molecule has 0 amide bonds. The Labute approximate surface area is 96.4 Å². The van der Waals surface area contributed by atoms with Crippen LogP contribution in [0.15, 0.2) is 18.5 Å². The molecular weight excluding hydrogens is 204 g/mol. The summed E-state index contributed by atoms with van der Waals surface area (Å²) >= 11 is 2.08. The van der Waals surface area contributed by atoms with Crippen LogP contribution in [-0.2, 0) is 13.1 Å². The van der Waals surface area contributed by atoms with Gasteiger partial charge in [0.1, 0.15) is 0 Å². The summed E-state index contributed by atoms with van der Waals surface area (Å²) in [6, 6.07) is 2.95. The van der Waals surface area contributed by atoms with E-state index in [1.54, 1.807) is 0 Å². The summed E-state index contributed by atoms with van der Waals surface area (Å²) in [6.07, 6.45) is 7.12. The van der Waals surface area contributed by atoms with Gasteiger partial charge >= 0.3 is 0 Å². The monoisotopic (exact) mass is 224 g/mol. The van der Waals surface area contributed by atoms with Crippen LogP contribution in [0.2, 0.25) is 0 Å². The summed E-state index contributed by atoms with van der Waals surface area (Å²) in [6.45, 7) is 4.27. The highest BCUT2D eigenvalue weighted by molar-refractivity contribution is 7.99. The van der Waals surface area contributed by atoms with E-state index < -0.39 is 0 Å². The lowest BCUT2D eigenvalue weighted by atomic mass is 10.2. The van der Waals surface area contributed by atoms with Gasteiger partial charge in [-0.1, -0.05) is 0 Å². The average molecular weight is 224 g/mol. The van der Waals surface area contributed by atoms with E-state index in [1.807, 2.05) is 0 Å². The minimum Gasteiger partial charge on any atom is -0.354 e. The van der Waals surface area contributed by atoms with Crippen molar-refractivity contribution in [3.05, 3.63) is 24.0 Å². The molecule has 3 heteroatoms. The maximum absolute atomic E-state index is 3.64. The third-order valence-electron chi connectivity index (χ3n) is 2.93. The van der Waals surface area contributed by atoms with Crippen molar-refractivity contribution in [2.24, 2.45) is 0 Å². The molecule has 0 aromatic carbocycles. The first-order chi connectivity index (χ1) is 7.38. The van der Waals surface area contributed by atoms with Crippen molar-refractivity contribution in [3.8, 4) is 0 Å². The molecule has 1 aromatic rings. The molecule has 1 aliphatic rings. The van der Waals surface area contributed by atoms with E-state index >= 15 is 0 Å². The van der Waals surface area contributed by atoms with Crippen molar-refractivity contribution < 1.29 is 0 Å². The molecule has 1 saturated heterocycles. The summed E-state index contributed by atoms with van der Waals surface area (Å²) in [7, 11) is 0. The number of hydrogen-bond acceptors (Lipinski definition) is 2. The highest BCUT2D eigenvalue weighted by Gasteiger charge is 2.12. The number of hydrogen-bond donors (Lipinski definition) is 1. The number of thioether (sulfide) groups is 1. The molecule has 15 heavy (non-hydrogen) atoms. The Kier molecular flexibility index (Phi) is 4.15. The number of nitrogens with one attached hydrogen (secondary N) is 1. The molecule has 2 rings (SSSR count). The Bertz CT molecular complexity index is 290. The van der Waals surface area contributed by atoms with Crippen LogP contribution < -0.4 is 5.32 Å². The predicted octanol–water partition coefficient (Wildman–Crippen LogP) is 2.49. The Morgan fingerprint density at radius 1 is 1.60 bits per heavy atom. The van der Waals surface area contributed by atoms with Crippen LogP contribution in [0.1, 0.15) is 25.3 Å². The second kappa shape index (κ2) is 5.61. The van der Waals surface area contributed by atoms with Crippen molar-refractivity contribution in [2.75, 3.05) is 11.5 Å². The zero-order chi connectivity index (χ0) is 10.5. The van der Waals surface area contributed by atoms with Gasteiger partial charge in [0.2, 0.25) is 0 Å². The highest BCUT2D eigenvalue weighted by atomic mass is 32.2. The van der Waals surface area contributed by atoms with Crippen molar-refractivity contribution in [3.63, 3.8) is 0 Å². The fourth-order valence-electron chi connectivity index (χ4n) is 1.96. The fourth-order valence-corrected chi connectivity index (χ4v) is 3.06. The Morgan fingerprint density at radius 2 is 2.53 bits per heavy atom. The quantitative estimate of drug-likeness (QED) is 0.846. The van der Waals surface area contributed by atoms with E-state index in [4.69, 9.17) is 0 Å². The number of nitrogens with zero attached hydrogens (tertiary/aromatic N) is 1. The van der Waals surface area contributed by atoms with Gasteiger partial charge in [-0.05, 0) is 37.1 Å². The summed E-state index contributed by atoms with van der Waals surface area (Å²) in [5.41, 5.74) is 1.41. The van der Waals surface area contributed by atoms with Crippen LogP contribution in [0.3, 0.4) is 0 Å². The largest absolute Gasteiger partial charge is 0.354 e. The minimum atomic E-state index is 0.730. The average Bonchev–Trinajstić information content (AvgIpc) is 2.76. The van der Waals surface area contributed by atoms with Gasteiger partial charge < -0.3 is 9.88 Å². The smallest absolute Gasteiger partial charge is 0.0223 e. The van der Waals surface area contributed by atoms with Crippen molar-refractivity contribution in [1.29, 1.82) is 0 Å². The minimum absolute atomic E-state index is 0.730. The van der Waals surface area contributed by atoms with E-state index in [1.165, 1.54) is 29.9 Å². The van der Waals surface area contributed by atoms with Gasteiger partial charge in [0, 0.05) is 37.3 Å². The molecular formula is C12H20N2S. The molecule has 2 heterocycles. The molecule has 1 aromatic heterocycles. The van der Waals surface area contributed by atoms with Crippen LogP contribution in [0.4, 0.5) is 0 Å². The summed E-state index contributed by atoms with van der Waals surface area (Å²) in [4.78, 5) is 0. The summed E-state index contributed by atoms with van der Waals surface area (Å²) in [5, 5.41) is 3.64. The number of rotatable bonds is 4. The zero-order valence-corrected chi connectivity index (χ0v) is 10.2. The Balaban J connectivity index is 1.76. The summed E-state index contributed by atoms with van der Waals surface area (Å²) in [5.74, 6) is 2.64. The van der Waals surface area contributed by atoms with Gasteiger partial charge in [-0.2, -0.15) is 11.8 Å². The van der Waals surface area contributed by atoms with Crippen molar-refractivity contribution in [1.82, 2.24) is 9.88 Å². The lowest BCUT2D eigenvalue weighted by Crippen LogP contribution is -2.33. The van der Waals surface area contributed by atoms with E-state index in [0.29, 0.717) is 0 Å². The van der Waals surface area contributed by atoms with Crippen LogP contribution in [0.25, 0.3) is 0 Å². The van der Waals surface area contributed by atoms with E-state index in [0.717, 1.165) is 19.1 Å². The zero-order valence-electron chi connectivity index (χ0n) is 9.41. The van der Waals surface area contributed by atoms with Crippen LogP contribution >= 0.6 is 11.8 Å². The molecule has 0 spiro atoms. The molecule has 0 bridgehead atoms. The molecule has 0 aliphatic carbocycles. The van der Waals surface area contributed by atoms with Crippen LogP contribution in [-0.4, -0.2) is 22.1 Å². The van der Waals surface area contributed by atoms with Gasteiger partial charge in [0.25, 0.3) is 0 Å². The van der Waals surface area contributed by atoms with E-state index in [2.05, 4.69) is 47.0 Å². The van der Waals surface area contributed by atoms with Gasteiger partial charge in [-0.3, -0.25) is 0 Å². The molecule has 1 aliphatic heterocycles. The Morgan fingerprint density at radius 3 is 3.20 bits per heavy atom.